The molecule has 0 atom stereocenters. The van der Waals surface area contributed by atoms with Gasteiger partial charge in [-0.1, -0.05) is 41.3 Å². The van der Waals surface area contributed by atoms with E-state index in [0.29, 0.717) is 24.8 Å². The quantitative estimate of drug-likeness (QED) is 0.663. The van der Waals surface area contributed by atoms with Crippen LogP contribution in [0.4, 0.5) is 0 Å². The minimum absolute atomic E-state index is 0.0190. The second kappa shape index (κ2) is 10.5. The van der Waals surface area contributed by atoms with Gasteiger partial charge in [-0.25, -0.2) is 0 Å². The molecule has 0 radical (unpaired) electrons. The molecule has 24 heavy (non-hydrogen) atoms. The number of benzene rings is 1. The summed E-state index contributed by atoms with van der Waals surface area (Å²) in [6.45, 7) is 1.22. The average Bonchev–Trinajstić information content (AvgIpc) is 2.60. The Labute approximate surface area is 151 Å². The zero-order chi connectivity index (χ0) is 17.2. The molecule has 0 unspecified atom stereocenters. The smallest absolute Gasteiger partial charge is 0.251 e. The maximum Gasteiger partial charge on any atom is 0.251 e. The van der Waals surface area contributed by atoms with E-state index in [1.807, 2.05) is 6.07 Å². The number of halogens is 1. The van der Waals surface area contributed by atoms with E-state index >= 15 is 0 Å². The van der Waals surface area contributed by atoms with Crippen LogP contribution >= 0.6 is 15.9 Å². The number of amides is 2. The summed E-state index contributed by atoms with van der Waals surface area (Å²) in [5.41, 5.74) is 0.526. The molecule has 1 fully saturated rings. The molecule has 2 amide bonds. The Morgan fingerprint density at radius 2 is 1.96 bits per heavy atom. The number of carbonyl (C=O) groups is 2. The zero-order valence-corrected chi connectivity index (χ0v) is 15.4. The highest BCUT2D eigenvalue weighted by molar-refractivity contribution is 9.10. The third kappa shape index (κ3) is 7.01. The lowest BCUT2D eigenvalue weighted by atomic mass is 9.98. The van der Waals surface area contributed by atoms with Gasteiger partial charge in [0.25, 0.3) is 5.91 Å². The molecule has 0 saturated heterocycles. The van der Waals surface area contributed by atoms with E-state index in [2.05, 4.69) is 26.6 Å². The lowest BCUT2D eigenvalue weighted by molar-refractivity contribution is -0.120. The van der Waals surface area contributed by atoms with Crippen molar-refractivity contribution in [3.8, 4) is 0 Å². The van der Waals surface area contributed by atoms with Gasteiger partial charge in [0.15, 0.2) is 0 Å². The molecular formula is C18H25BrN2O3. The van der Waals surface area contributed by atoms with E-state index in [1.54, 1.807) is 18.2 Å². The Morgan fingerprint density at radius 1 is 1.17 bits per heavy atom. The highest BCUT2D eigenvalue weighted by Gasteiger charge is 2.13. The highest BCUT2D eigenvalue weighted by atomic mass is 79.9. The first kappa shape index (κ1) is 18.9. The number of hydrogen-bond acceptors (Lipinski definition) is 3. The van der Waals surface area contributed by atoms with Crippen LogP contribution in [-0.4, -0.2) is 37.6 Å². The van der Waals surface area contributed by atoms with Crippen molar-refractivity contribution >= 4 is 27.7 Å². The van der Waals surface area contributed by atoms with E-state index < -0.39 is 0 Å². The summed E-state index contributed by atoms with van der Waals surface area (Å²) in [7, 11) is 0. The van der Waals surface area contributed by atoms with Crippen molar-refractivity contribution in [3.63, 3.8) is 0 Å². The van der Waals surface area contributed by atoms with Gasteiger partial charge in [0.05, 0.1) is 12.6 Å². The molecule has 132 valence electrons. The lowest BCUT2D eigenvalue weighted by Gasteiger charge is -2.21. The van der Waals surface area contributed by atoms with Crippen LogP contribution in [0.3, 0.4) is 0 Å². The monoisotopic (exact) mass is 396 g/mol. The molecular weight excluding hydrogens is 372 g/mol. The fraction of sp³-hybridized carbons (Fsp3) is 0.556. The van der Waals surface area contributed by atoms with Crippen LogP contribution in [0.5, 0.6) is 0 Å². The normalized spacial score (nSPS) is 15.0. The van der Waals surface area contributed by atoms with Crippen LogP contribution in [0.1, 0.15) is 48.9 Å². The number of nitrogens with one attached hydrogen (secondary N) is 2. The van der Waals surface area contributed by atoms with E-state index in [9.17, 15) is 9.59 Å². The average molecular weight is 397 g/mol. The van der Waals surface area contributed by atoms with E-state index in [-0.39, 0.29) is 18.4 Å². The molecule has 0 spiro atoms. The molecule has 6 heteroatoms. The first-order chi connectivity index (χ1) is 11.6. The van der Waals surface area contributed by atoms with Crippen LogP contribution in [0, 0.1) is 0 Å². The predicted molar refractivity (Wildman–Crippen MR) is 96.9 cm³/mol. The molecule has 1 aromatic carbocycles. The third-order valence-corrected chi connectivity index (χ3v) is 4.54. The van der Waals surface area contributed by atoms with Gasteiger partial charge in [0.2, 0.25) is 5.91 Å². The van der Waals surface area contributed by atoms with Crippen LogP contribution in [0.2, 0.25) is 0 Å². The van der Waals surface area contributed by atoms with E-state index in [0.717, 1.165) is 23.7 Å². The lowest BCUT2D eigenvalue weighted by Crippen LogP contribution is -2.37. The Hall–Kier alpha value is -1.40. The SMILES string of the molecule is O=C(CNC(=O)c1cccc(Br)c1)NCCCOC1CCCCC1. The summed E-state index contributed by atoms with van der Waals surface area (Å²) in [6, 6.07) is 7.06. The molecule has 1 aliphatic carbocycles. The molecule has 0 bridgehead atoms. The van der Waals surface area contributed by atoms with Gasteiger partial charge in [-0.05, 0) is 37.5 Å². The van der Waals surface area contributed by atoms with Gasteiger partial charge < -0.3 is 15.4 Å². The summed E-state index contributed by atoms with van der Waals surface area (Å²) in [4.78, 5) is 23.7. The van der Waals surface area contributed by atoms with Crippen molar-refractivity contribution < 1.29 is 14.3 Å². The first-order valence-electron chi connectivity index (χ1n) is 8.57. The molecule has 0 aromatic heterocycles. The zero-order valence-electron chi connectivity index (χ0n) is 13.9. The van der Waals surface area contributed by atoms with Crippen LogP contribution in [0.15, 0.2) is 28.7 Å². The minimum atomic E-state index is -0.257. The fourth-order valence-electron chi connectivity index (χ4n) is 2.74. The molecule has 0 aliphatic heterocycles. The third-order valence-electron chi connectivity index (χ3n) is 4.05. The predicted octanol–water partition coefficient (Wildman–Crippen LogP) is 3.03. The molecule has 1 saturated carbocycles. The van der Waals surface area contributed by atoms with Crippen molar-refractivity contribution in [1.29, 1.82) is 0 Å². The second-order valence-electron chi connectivity index (χ2n) is 6.03. The number of rotatable bonds is 8. The molecule has 5 nitrogen and oxygen atoms in total. The second-order valence-corrected chi connectivity index (χ2v) is 6.94. The van der Waals surface area contributed by atoms with Crippen molar-refractivity contribution in [2.45, 2.75) is 44.6 Å². The number of carbonyl (C=O) groups excluding carboxylic acids is 2. The van der Waals surface area contributed by atoms with E-state index in [1.165, 1.54) is 19.3 Å². The topological polar surface area (TPSA) is 67.4 Å². The van der Waals surface area contributed by atoms with Crippen molar-refractivity contribution in [2.75, 3.05) is 19.7 Å². The van der Waals surface area contributed by atoms with Crippen molar-refractivity contribution in [1.82, 2.24) is 10.6 Å². The van der Waals surface area contributed by atoms with Gasteiger partial charge in [0, 0.05) is 23.2 Å². The Morgan fingerprint density at radius 3 is 2.71 bits per heavy atom. The summed E-state index contributed by atoms with van der Waals surface area (Å²) >= 11 is 3.32. The van der Waals surface area contributed by atoms with Gasteiger partial charge in [-0.3, -0.25) is 9.59 Å². The Kier molecular flexibility index (Phi) is 8.25. The molecule has 2 N–H and O–H groups in total. The van der Waals surface area contributed by atoms with Crippen molar-refractivity contribution in [2.24, 2.45) is 0 Å². The van der Waals surface area contributed by atoms with Gasteiger partial charge in [0.1, 0.15) is 0 Å². The fourth-order valence-corrected chi connectivity index (χ4v) is 3.14. The van der Waals surface area contributed by atoms with Crippen LogP contribution < -0.4 is 10.6 Å². The number of hydrogen-bond donors (Lipinski definition) is 2. The summed E-state index contributed by atoms with van der Waals surface area (Å²) in [5.74, 6) is -0.442. The summed E-state index contributed by atoms with van der Waals surface area (Å²) in [6.07, 6.45) is 7.36. The summed E-state index contributed by atoms with van der Waals surface area (Å²) < 4.78 is 6.64. The van der Waals surface area contributed by atoms with Gasteiger partial charge in [-0.15, -0.1) is 0 Å². The number of ether oxygens (including phenoxy) is 1. The van der Waals surface area contributed by atoms with Crippen molar-refractivity contribution in [3.05, 3.63) is 34.3 Å². The standard InChI is InChI=1S/C18H25BrN2O3/c19-15-7-4-6-14(12-15)18(23)21-13-17(22)20-10-5-11-24-16-8-2-1-3-9-16/h4,6-7,12,16H,1-3,5,8-11,13H2,(H,20,22)(H,21,23). The maximum atomic E-state index is 11.9. The van der Waals surface area contributed by atoms with Gasteiger partial charge >= 0.3 is 0 Å². The largest absolute Gasteiger partial charge is 0.378 e. The Bertz CT molecular complexity index is 545. The molecule has 0 heterocycles. The van der Waals surface area contributed by atoms with E-state index in [4.69, 9.17) is 4.74 Å². The van der Waals surface area contributed by atoms with Crippen LogP contribution in [-0.2, 0) is 9.53 Å². The van der Waals surface area contributed by atoms with Gasteiger partial charge in [-0.2, -0.15) is 0 Å². The maximum absolute atomic E-state index is 11.9. The molecule has 1 aliphatic rings. The Balaban J connectivity index is 1.54. The van der Waals surface area contributed by atoms with Crippen LogP contribution in [0.25, 0.3) is 0 Å². The highest BCUT2D eigenvalue weighted by Crippen LogP contribution is 2.20. The summed E-state index contributed by atoms with van der Waals surface area (Å²) in [5, 5.41) is 5.41. The first-order valence-corrected chi connectivity index (χ1v) is 9.36. The minimum Gasteiger partial charge on any atom is -0.378 e. The molecule has 2 rings (SSSR count). The molecule has 1 aromatic rings.